The van der Waals surface area contributed by atoms with Gasteiger partial charge in [0.2, 0.25) is 5.89 Å². The third-order valence-corrected chi connectivity index (χ3v) is 3.97. The van der Waals surface area contributed by atoms with E-state index in [-0.39, 0.29) is 28.7 Å². The van der Waals surface area contributed by atoms with E-state index in [1.165, 1.54) is 42.5 Å². The zero-order chi connectivity index (χ0) is 19.6. The highest BCUT2D eigenvalue weighted by molar-refractivity contribution is 6.33. The van der Waals surface area contributed by atoms with Gasteiger partial charge in [-0.05, 0) is 37.3 Å². The average Bonchev–Trinajstić information content (AvgIpc) is 3.14. The second-order valence-corrected chi connectivity index (χ2v) is 5.94. The molecule has 0 aliphatic heterocycles. The van der Waals surface area contributed by atoms with Crippen molar-refractivity contribution in [2.75, 3.05) is 5.73 Å². The first kappa shape index (κ1) is 18.3. The highest BCUT2D eigenvalue weighted by atomic mass is 35.5. The van der Waals surface area contributed by atoms with E-state index < -0.39 is 17.0 Å². The second-order valence-electron chi connectivity index (χ2n) is 5.53. The van der Waals surface area contributed by atoms with Crippen LogP contribution in [-0.2, 0) is 4.74 Å². The molecule has 0 radical (unpaired) electrons. The molecular formula is C17H13ClN4O5. The third-order valence-electron chi connectivity index (χ3n) is 3.63. The topological polar surface area (TPSA) is 134 Å². The van der Waals surface area contributed by atoms with E-state index in [1.54, 1.807) is 6.92 Å². The average molecular weight is 389 g/mol. The van der Waals surface area contributed by atoms with Crippen molar-refractivity contribution in [3.8, 4) is 11.5 Å². The Kier molecular flexibility index (Phi) is 5.04. The van der Waals surface area contributed by atoms with Crippen molar-refractivity contribution in [3.05, 3.63) is 69.1 Å². The first-order chi connectivity index (χ1) is 12.8. The summed E-state index contributed by atoms with van der Waals surface area (Å²) in [7, 11) is 0. The molecule has 2 N–H and O–H groups in total. The summed E-state index contributed by atoms with van der Waals surface area (Å²) in [5.74, 6) is -0.391. The van der Waals surface area contributed by atoms with Crippen LogP contribution in [0.1, 0.15) is 29.3 Å². The van der Waals surface area contributed by atoms with Crippen LogP contribution in [0.15, 0.2) is 46.9 Å². The molecule has 0 fully saturated rings. The number of carbonyl (C=O) groups excluding carboxylic acids is 1. The maximum Gasteiger partial charge on any atom is 0.338 e. The van der Waals surface area contributed by atoms with Gasteiger partial charge in [-0.1, -0.05) is 11.6 Å². The number of nitrogens with zero attached hydrogens (tertiary/aromatic N) is 3. The Bertz CT molecular complexity index is 1000. The number of benzene rings is 2. The summed E-state index contributed by atoms with van der Waals surface area (Å²) < 4.78 is 10.8. The summed E-state index contributed by atoms with van der Waals surface area (Å²) in [5.41, 5.74) is 6.62. The molecule has 0 unspecified atom stereocenters. The number of carbonyl (C=O) groups is 1. The number of anilines is 1. The number of halogens is 1. The van der Waals surface area contributed by atoms with Crippen LogP contribution >= 0.6 is 11.6 Å². The maximum absolute atomic E-state index is 12.2. The molecule has 2 aromatic carbocycles. The molecule has 0 spiro atoms. The zero-order valence-electron chi connectivity index (χ0n) is 14.0. The number of hydrogen-bond donors (Lipinski definition) is 1. The Labute approximate surface area is 157 Å². The van der Waals surface area contributed by atoms with Crippen molar-refractivity contribution >= 4 is 28.9 Å². The van der Waals surface area contributed by atoms with Crippen LogP contribution in [0.2, 0.25) is 5.02 Å². The minimum Gasteiger partial charge on any atom is -0.449 e. The smallest absolute Gasteiger partial charge is 0.338 e. The normalized spacial score (nSPS) is 11.8. The fraction of sp³-hybridized carbons (Fsp3) is 0.118. The second kappa shape index (κ2) is 7.42. The SMILES string of the molecule is C[C@H](OC(=O)c1ccc(Cl)c(N)c1)c1nnc(-c2ccc([N+](=O)[O-])cc2)o1. The van der Waals surface area contributed by atoms with Gasteiger partial charge in [-0.3, -0.25) is 10.1 Å². The van der Waals surface area contributed by atoms with Crippen LogP contribution in [0.5, 0.6) is 0 Å². The van der Waals surface area contributed by atoms with Gasteiger partial charge in [0.1, 0.15) is 0 Å². The molecule has 27 heavy (non-hydrogen) atoms. The summed E-state index contributed by atoms with van der Waals surface area (Å²) in [4.78, 5) is 22.4. The van der Waals surface area contributed by atoms with Crippen molar-refractivity contribution in [1.82, 2.24) is 10.2 Å². The van der Waals surface area contributed by atoms with Crippen molar-refractivity contribution in [2.24, 2.45) is 0 Å². The van der Waals surface area contributed by atoms with Crippen LogP contribution < -0.4 is 5.73 Å². The lowest BCUT2D eigenvalue weighted by Crippen LogP contribution is -2.10. The summed E-state index contributed by atoms with van der Waals surface area (Å²) in [6.07, 6.45) is -0.811. The highest BCUT2D eigenvalue weighted by Gasteiger charge is 2.20. The van der Waals surface area contributed by atoms with E-state index in [4.69, 9.17) is 26.5 Å². The van der Waals surface area contributed by atoms with Gasteiger partial charge in [0, 0.05) is 17.7 Å². The Hall–Kier alpha value is -3.46. The van der Waals surface area contributed by atoms with Crippen LogP contribution in [0.3, 0.4) is 0 Å². The molecule has 0 aliphatic rings. The molecule has 1 aromatic heterocycles. The maximum atomic E-state index is 12.2. The van der Waals surface area contributed by atoms with E-state index in [2.05, 4.69) is 10.2 Å². The fourth-order valence-corrected chi connectivity index (χ4v) is 2.31. The van der Waals surface area contributed by atoms with Gasteiger partial charge in [0.25, 0.3) is 11.6 Å². The van der Waals surface area contributed by atoms with Crippen molar-refractivity contribution in [2.45, 2.75) is 13.0 Å². The van der Waals surface area contributed by atoms with Crippen molar-refractivity contribution in [1.29, 1.82) is 0 Å². The monoisotopic (exact) mass is 388 g/mol. The number of hydrogen-bond acceptors (Lipinski definition) is 8. The zero-order valence-corrected chi connectivity index (χ0v) is 14.7. The summed E-state index contributed by atoms with van der Waals surface area (Å²) in [6, 6.07) is 10.0. The predicted molar refractivity (Wildman–Crippen MR) is 96.1 cm³/mol. The Morgan fingerprint density at radius 2 is 1.96 bits per heavy atom. The number of non-ortho nitro benzene ring substituents is 1. The number of ether oxygens (including phenoxy) is 1. The van der Waals surface area contributed by atoms with Gasteiger partial charge in [-0.25, -0.2) is 4.79 Å². The molecule has 3 rings (SSSR count). The standard InChI is InChI=1S/C17H13ClN4O5/c1-9(26-17(23)11-4-7-13(18)14(19)8-11)15-20-21-16(27-15)10-2-5-12(6-3-10)22(24)25/h2-9H,19H2,1H3/t9-/m0/s1. The van der Waals surface area contributed by atoms with E-state index in [9.17, 15) is 14.9 Å². The minimum atomic E-state index is -0.811. The Morgan fingerprint density at radius 1 is 1.26 bits per heavy atom. The Morgan fingerprint density at radius 3 is 2.59 bits per heavy atom. The molecule has 3 aromatic rings. The molecule has 0 aliphatic carbocycles. The quantitative estimate of drug-likeness (QED) is 0.302. The Balaban J connectivity index is 1.72. The van der Waals surface area contributed by atoms with Crippen LogP contribution in [-0.4, -0.2) is 21.1 Å². The number of nitro groups is 1. The van der Waals surface area contributed by atoms with Gasteiger partial charge < -0.3 is 14.9 Å². The molecule has 0 bridgehead atoms. The van der Waals surface area contributed by atoms with Crippen molar-refractivity contribution in [3.63, 3.8) is 0 Å². The largest absolute Gasteiger partial charge is 0.449 e. The van der Waals surface area contributed by atoms with Crippen LogP contribution in [0.25, 0.3) is 11.5 Å². The van der Waals surface area contributed by atoms with Gasteiger partial charge >= 0.3 is 5.97 Å². The molecule has 10 heteroatoms. The predicted octanol–water partition coefficient (Wildman–Crippen LogP) is 3.80. The van der Waals surface area contributed by atoms with Crippen LogP contribution in [0, 0.1) is 10.1 Å². The molecule has 138 valence electrons. The lowest BCUT2D eigenvalue weighted by atomic mass is 10.2. The number of rotatable bonds is 5. The van der Waals surface area contributed by atoms with E-state index in [0.717, 1.165) is 0 Å². The molecule has 1 heterocycles. The summed E-state index contributed by atoms with van der Waals surface area (Å²) >= 11 is 5.83. The molecule has 0 saturated carbocycles. The van der Waals surface area contributed by atoms with Gasteiger partial charge in [0.05, 0.1) is 21.2 Å². The highest BCUT2D eigenvalue weighted by Crippen LogP contribution is 2.26. The number of nitrogen functional groups attached to an aromatic ring is 1. The van der Waals surface area contributed by atoms with E-state index in [1.807, 2.05) is 0 Å². The minimum absolute atomic E-state index is 0.0528. The van der Waals surface area contributed by atoms with E-state index >= 15 is 0 Å². The summed E-state index contributed by atoms with van der Waals surface area (Å²) in [5, 5.41) is 18.8. The summed E-state index contributed by atoms with van der Waals surface area (Å²) in [6.45, 7) is 1.57. The van der Waals surface area contributed by atoms with Gasteiger partial charge in [-0.2, -0.15) is 0 Å². The van der Waals surface area contributed by atoms with E-state index in [0.29, 0.717) is 10.6 Å². The van der Waals surface area contributed by atoms with Crippen LogP contribution in [0.4, 0.5) is 11.4 Å². The molecular weight excluding hydrogens is 376 g/mol. The lowest BCUT2D eigenvalue weighted by Gasteiger charge is -2.10. The first-order valence-electron chi connectivity index (χ1n) is 7.69. The number of esters is 1. The molecule has 0 amide bonds. The third kappa shape index (κ3) is 4.04. The molecule has 1 atom stereocenters. The van der Waals surface area contributed by atoms with Crippen molar-refractivity contribution < 1.29 is 18.9 Å². The van der Waals surface area contributed by atoms with Gasteiger partial charge in [-0.15, -0.1) is 10.2 Å². The fourth-order valence-electron chi connectivity index (χ4n) is 2.19. The first-order valence-corrected chi connectivity index (χ1v) is 8.07. The van der Waals surface area contributed by atoms with Gasteiger partial charge in [0.15, 0.2) is 6.10 Å². The lowest BCUT2D eigenvalue weighted by molar-refractivity contribution is -0.384. The molecule has 9 nitrogen and oxygen atoms in total. The number of nitrogens with two attached hydrogens (primary N) is 1. The molecule has 0 saturated heterocycles. The number of nitro benzene ring substituents is 1. The number of aromatic nitrogens is 2.